The molecule has 0 bridgehead atoms. The summed E-state index contributed by atoms with van der Waals surface area (Å²) in [6, 6.07) is 12.0. The smallest absolute Gasteiger partial charge is 0.217 e. The second-order valence-corrected chi connectivity index (χ2v) is 5.54. The maximum atomic E-state index is 12.0. The number of methoxy groups -OCH3 is 1. The number of sulfone groups is 1. The molecule has 0 radical (unpaired) electrons. The number of para-hydroxylation sites is 1. The van der Waals surface area contributed by atoms with Crippen LogP contribution in [0.2, 0.25) is 0 Å². The van der Waals surface area contributed by atoms with Crippen molar-refractivity contribution < 1.29 is 13.2 Å². The number of nitrogens with zero attached hydrogens (tertiary/aromatic N) is 1. The molecule has 0 amide bonds. The van der Waals surface area contributed by atoms with E-state index >= 15 is 0 Å². The molecule has 0 N–H and O–H groups in total. The zero-order valence-corrected chi connectivity index (χ0v) is 11.2. The van der Waals surface area contributed by atoms with E-state index in [1.165, 1.54) is 18.3 Å². The molecule has 4 nitrogen and oxygen atoms in total. The molecule has 0 spiro atoms. The average Bonchev–Trinajstić information content (AvgIpc) is 2.46. The molecule has 0 aliphatic carbocycles. The Morgan fingerprint density at radius 2 is 1.84 bits per heavy atom. The maximum absolute atomic E-state index is 12.0. The molecule has 5 heteroatoms. The largest absolute Gasteiger partial charge is 0.496 e. The van der Waals surface area contributed by atoms with E-state index in [-0.39, 0.29) is 5.03 Å². The molecule has 1 aromatic heterocycles. The number of aromatic nitrogens is 1. The molecule has 98 valence electrons. The first kappa shape index (κ1) is 13.3. The van der Waals surface area contributed by atoms with Crippen LogP contribution >= 0.6 is 0 Å². The highest BCUT2D eigenvalue weighted by Crippen LogP contribution is 2.20. The van der Waals surface area contributed by atoms with Crippen LogP contribution in [0.1, 0.15) is 5.56 Å². The van der Waals surface area contributed by atoms with Crippen molar-refractivity contribution >= 4 is 15.9 Å². The molecular formula is C14H13NO3S. The lowest BCUT2D eigenvalue weighted by atomic mass is 10.2. The number of hydrogen-bond donors (Lipinski definition) is 0. The van der Waals surface area contributed by atoms with Gasteiger partial charge in [-0.05, 0) is 24.3 Å². The SMILES string of the molecule is COc1ccccc1/C=C/S(=O)(=O)c1ccccn1. The maximum Gasteiger partial charge on any atom is 0.217 e. The molecular weight excluding hydrogens is 262 g/mol. The predicted molar refractivity (Wildman–Crippen MR) is 73.5 cm³/mol. The minimum Gasteiger partial charge on any atom is -0.496 e. The molecule has 0 aliphatic rings. The number of hydrogen-bond acceptors (Lipinski definition) is 4. The molecule has 0 fully saturated rings. The first-order valence-electron chi connectivity index (χ1n) is 5.61. The van der Waals surface area contributed by atoms with Gasteiger partial charge in [0.2, 0.25) is 9.84 Å². The highest BCUT2D eigenvalue weighted by Gasteiger charge is 2.11. The Hall–Kier alpha value is -2.14. The van der Waals surface area contributed by atoms with Crippen molar-refractivity contribution in [2.24, 2.45) is 0 Å². The van der Waals surface area contributed by atoms with Crippen molar-refractivity contribution in [2.75, 3.05) is 7.11 Å². The van der Waals surface area contributed by atoms with Crippen LogP contribution in [0, 0.1) is 0 Å². The zero-order chi connectivity index (χ0) is 13.7. The molecule has 0 atom stereocenters. The van der Waals surface area contributed by atoms with Crippen molar-refractivity contribution in [3.05, 3.63) is 59.6 Å². The van der Waals surface area contributed by atoms with Crippen molar-refractivity contribution in [1.29, 1.82) is 0 Å². The molecule has 1 aromatic carbocycles. The van der Waals surface area contributed by atoms with Gasteiger partial charge < -0.3 is 4.74 Å². The molecule has 2 aromatic rings. The van der Waals surface area contributed by atoms with Crippen LogP contribution in [-0.2, 0) is 9.84 Å². The Labute approximate surface area is 112 Å². The van der Waals surface area contributed by atoms with Crippen LogP contribution in [-0.4, -0.2) is 20.5 Å². The normalized spacial score (nSPS) is 11.6. The summed E-state index contributed by atoms with van der Waals surface area (Å²) >= 11 is 0. The molecule has 2 rings (SSSR count). The Bertz CT molecular complexity index is 679. The zero-order valence-electron chi connectivity index (χ0n) is 10.4. The predicted octanol–water partition coefficient (Wildman–Crippen LogP) is 2.53. The van der Waals surface area contributed by atoms with E-state index in [2.05, 4.69) is 4.98 Å². The fraction of sp³-hybridized carbons (Fsp3) is 0.0714. The molecule has 0 saturated heterocycles. The van der Waals surface area contributed by atoms with Crippen LogP contribution < -0.4 is 4.74 Å². The second kappa shape index (κ2) is 5.67. The van der Waals surface area contributed by atoms with Crippen LogP contribution in [0.3, 0.4) is 0 Å². The lowest BCUT2D eigenvalue weighted by Crippen LogP contribution is -1.98. The summed E-state index contributed by atoms with van der Waals surface area (Å²) in [6.45, 7) is 0. The minimum atomic E-state index is -3.53. The average molecular weight is 275 g/mol. The van der Waals surface area contributed by atoms with Crippen LogP contribution in [0.25, 0.3) is 6.08 Å². The van der Waals surface area contributed by atoms with Gasteiger partial charge in [0.15, 0.2) is 5.03 Å². The lowest BCUT2D eigenvalue weighted by molar-refractivity contribution is 0.414. The highest BCUT2D eigenvalue weighted by atomic mass is 32.2. The first-order valence-corrected chi connectivity index (χ1v) is 7.15. The van der Waals surface area contributed by atoms with Gasteiger partial charge in [-0.25, -0.2) is 13.4 Å². The molecule has 0 unspecified atom stereocenters. The highest BCUT2D eigenvalue weighted by molar-refractivity contribution is 7.94. The fourth-order valence-electron chi connectivity index (χ4n) is 1.55. The van der Waals surface area contributed by atoms with Gasteiger partial charge in [-0.3, -0.25) is 0 Å². The van der Waals surface area contributed by atoms with E-state index in [4.69, 9.17) is 4.74 Å². The first-order chi connectivity index (χ1) is 9.13. The second-order valence-electron chi connectivity index (χ2n) is 3.76. The van der Waals surface area contributed by atoms with Gasteiger partial charge in [0, 0.05) is 17.2 Å². The quantitative estimate of drug-likeness (QED) is 0.860. The number of benzene rings is 1. The lowest BCUT2D eigenvalue weighted by Gasteiger charge is -2.03. The van der Waals surface area contributed by atoms with Crippen LogP contribution in [0.15, 0.2) is 59.1 Å². The summed E-state index contributed by atoms with van der Waals surface area (Å²) in [7, 11) is -1.99. The molecule has 1 heterocycles. The molecule has 19 heavy (non-hydrogen) atoms. The minimum absolute atomic E-state index is 0.0288. The van der Waals surface area contributed by atoms with Gasteiger partial charge in [0.1, 0.15) is 5.75 Å². The Morgan fingerprint density at radius 1 is 1.11 bits per heavy atom. The third-order valence-corrected chi connectivity index (χ3v) is 3.81. The fourth-order valence-corrected chi connectivity index (χ4v) is 2.49. The topological polar surface area (TPSA) is 56.3 Å². The van der Waals surface area contributed by atoms with E-state index < -0.39 is 9.84 Å². The third-order valence-electron chi connectivity index (χ3n) is 2.49. The van der Waals surface area contributed by atoms with E-state index in [1.54, 1.807) is 31.4 Å². The third kappa shape index (κ3) is 3.20. The molecule has 0 saturated carbocycles. The summed E-state index contributed by atoms with van der Waals surface area (Å²) in [6.07, 6.45) is 2.95. The Kier molecular flexibility index (Phi) is 3.97. The van der Waals surface area contributed by atoms with Gasteiger partial charge in [0.25, 0.3) is 0 Å². The molecule has 0 aliphatic heterocycles. The van der Waals surface area contributed by atoms with Crippen molar-refractivity contribution in [3.63, 3.8) is 0 Å². The van der Waals surface area contributed by atoms with Gasteiger partial charge in [-0.1, -0.05) is 24.3 Å². The van der Waals surface area contributed by atoms with E-state index in [1.807, 2.05) is 12.1 Å². The summed E-state index contributed by atoms with van der Waals surface area (Å²) in [4.78, 5) is 3.83. The Balaban J connectivity index is 2.33. The van der Waals surface area contributed by atoms with E-state index in [9.17, 15) is 8.42 Å². The van der Waals surface area contributed by atoms with Crippen molar-refractivity contribution in [1.82, 2.24) is 4.98 Å². The van der Waals surface area contributed by atoms with Crippen molar-refractivity contribution in [2.45, 2.75) is 5.03 Å². The van der Waals surface area contributed by atoms with Gasteiger partial charge in [0.05, 0.1) is 7.11 Å². The number of rotatable bonds is 4. The summed E-state index contributed by atoms with van der Waals surface area (Å²) in [5.41, 5.74) is 0.699. The summed E-state index contributed by atoms with van der Waals surface area (Å²) in [5.74, 6) is 0.620. The van der Waals surface area contributed by atoms with Gasteiger partial charge >= 0.3 is 0 Å². The van der Waals surface area contributed by atoms with Crippen LogP contribution in [0.4, 0.5) is 0 Å². The summed E-state index contributed by atoms with van der Waals surface area (Å²) < 4.78 is 29.2. The van der Waals surface area contributed by atoms with E-state index in [0.29, 0.717) is 11.3 Å². The number of pyridine rings is 1. The van der Waals surface area contributed by atoms with E-state index in [0.717, 1.165) is 5.41 Å². The standard InChI is InChI=1S/C14H13NO3S/c1-18-13-7-3-2-6-12(13)9-11-19(16,17)14-8-4-5-10-15-14/h2-11H,1H3/b11-9+. The van der Waals surface area contributed by atoms with Gasteiger partial charge in [-0.15, -0.1) is 0 Å². The Morgan fingerprint density at radius 3 is 2.53 bits per heavy atom. The summed E-state index contributed by atoms with van der Waals surface area (Å²) in [5, 5.41) is 1.16. The van der Waals surface area contributed by atoms with Gasteiger partial charge in [-0.2, -0.15) is 0 Å². The monoisotopic (exact) mass is 275 g/mol. The van der Waals surface area contributed by atoms with Crippen molar-refractivity contribution in [3.8, 4) is 5.75 Å². The number of ether oxygens (including phenoxy) is 1. The van der Waals surface area contributed by atoms with Crippen LogP contribution in [0.5, 0.6) is 5.75 Å².